The maximum atomic E-state index is 11.3. The lowest BCUT2D eigenvalue weighted by Gasteiger charge is -2.51. The summed E-state index contributed by atoms with van der Waals surface area (Å²) in [4.78, 5) is 11.3. The van der Waals surface area contributed by atoms with E-state index in [4.69, 9.17) is 14.6 Å². The number of benzene rings is 1. The number of nitrogens with zero attached hydrogens (tertiary/aromatic N) is 2. The summed E-state index contributed by atoms with van der Waals surface area (Å²) in [7, 11) is 0. The number of hydrogen-bond donors (Lipinski definition) is 1. The number of nitrogens with one attached hydrogen (secondary N) is 1. The van der Waals surface area contributed by atoms with Gasteiger partial charge >= 0.3 is 0 Å². The maximum Gasteiger partial charge on any atom is 0.221 e. The zero-order chi connectivity index (χ0) is 21.8. The van der Waals surface area contributed by atoms with Crippen LogP contribution in [0, 0.1) is 5.41 Å². The Morgan fingerprint density at radius 2 is 2.10 bits per heavy atom. The van der Waals surface area contributed by atoms with Crippen LogP contribution in [0.4, 0.5) is 5.69 Å². The summed E-state index contributed by atoms with van der Waals surface area (Å²) in [6, 6.07) is 7.76. The molecule has 1 aliphatic heterocycles. The van der Waals surface area contributed by atoms with Crippen LogP contribution in [0.5, 0.6) is 0 Å². The van der Waals surface area contributed by atoms with E-state index in [-0.39, 0.29) is 23.5 Å². The normalized spacial score (nSPS) is 31.6. The Kier molecular flexibility index (Phi) is 4.68. The number of ether oxygens (including phenoxy) is 2. The van der Waals surface area contributed by atoms with Gasteiger partial charge in [0.2, 0.25) is 5.91 Å². The average molecular weight is 420 g/mol. The molecule has 4 atom stereocenters. The highest BCUT2D eigenvalue weighted by Gasteiger charge is 2.60. The highest BCUT2D eigenvalue weighted by Crippen LogP contribution is 2.58. The molecule has 6 heteroatoms. The van der Waals surface area contributed by atoms with E-state index in [0.29, 0.717) is 0 Å². The van der Waals surface area contributed by atoms with Crippen molar-refractivity contribution in [2.24, 2.45) is 5.41 Å². The van der Waals surface area contributed by atoms with Crippen LogP contribution in [0.25, 0.3) is 11.8 Å². The number of carbonyl (C=O) groups is 1. The summed E-state index contributed by atoms with van der Waals surface area (Å²) in [6.07, 6.45) is 9.81. The van der Waals surface area contributed by atoms with Crippen molar-refractivity contribution >= 4 is 17.7 Å². The van der Waals surface area contributed by atoms with Crippen LogP contribution in [0.2, 0.25) is 0 Å². The Morgan fingerprint density at radius 1 is 1.32 bits per heavy atom. The van der Waals surface area contributed by atoms with E-state index in [9.17, 15) is 4.79 Å². The molecule has 0 radical (unpaired) electrons. The summed E-state index contributed by atoms with van der Waals surface area (Å²) in [5.74, 6) is -0.696. The fourth-order valence-corrected chi connectivity index (χ4v) is 5.44. The molecule has 162 valence electrons. The van der Waals surface area contributed by atoms with Gasteiger partial charge in [0, 0.05) is 24.4 Å². The zero-order valence-electron chi connectivity index (χ0n) is 18.4. The third-order valence-corrected chi connectivity index (χ3v) is 7.07. The molecule has 31 heavy (non-hydrogen) atoms. The van der Waals surface area contributed by atoms with Gasteiger partial charge < -0.3 is 14.8 Å². The smallest absolute Gasteiger partial charge is 0.221 e. The van der Waals surface area contributed by atoms with Crippen molar-refractivity contribution in [2.75, 3.05) is 5.32 Å². The summed E-state index contributed by atoms with van der Waals surface area (Å²) >= 11 is 0. The summed E-state index contributed by atoms with van der Waals surface area (Å²) in [6.45, 7) is 9.79. The Hall–Kier alpha value is -2.70. The largest absolute Gasteiger partial charge is 0.343 e. The molecule has 6 nitrogen and oxygen atoms in total. The molecule has 1 aromatic heterocycles. The Balaban J connectivity index is 1.50. The van der Waals surface area contributed by atoms with E-state index in [1.54, 1.807) is 0 Å². The van der Waals surface area contributed by atoms with Crippen molar-refractivity contribution in [2.45, 2.75) is 64.4 Å². The van der Waals surface area contributed by atoms with Gasteiger partial charge in [0.1, 0.15) is 6.10 Å². The Labute approximate surface area is 182 Å². The number of aromatic nitrogens is 2. The van der Waals surface area contributed by atoms with Crippen molar-refractivity contribution in [1.82, 2.24) is 9.78 Å². The highest BCUT2D eigenvalue weighted by atomic mass is 16.8. The lowest BCUT2D eigenvalue weighted by atomic mass is 9.62. The van der Waals surface area contributed by atoms with Crippen LogP contribution in [-0.2, 0) is 20.7 Å². The first-order chi connectivity index (χ1) is 14.8. The number of rotatable bonds is 3. The summed E-state index contributed by atoms with van der Waals surface area (Å²) in [5, 5.41) is 7.50. The van der Waals surface area contributed by atoms with Crippen LogP contribution in [0.15, 0.2) is 48.7 Å². The molecule has 2 heterocycles. The molecular weight excluding hydrogens is 390 g/mol. The first-order valence-electron chi connectivity index (χ1n) is 11.0. The molecular formula is C25H29N3O3. The maximum absolute atomic E-state index is 11.3. The van der Waals surface area contributed by atoms with Gasteiger partial charge in [0.25, 0.3) is 0 Å². The number of amides is 1. The second kappa shape index (κ2) is 7.18. The molecule has 0 bridgehead atoms. The third kappa shape index (κ3) is 3.08. The number of hydrogen-bond acceptors (Lipinski definition) is 4. The number of anilines is 1. The molecule has 2 aliphatic carbocycles. The zero-order valence-corrected chi connectivity index (χ0v) is 18.4. The van der Waals surface area contributed by atoms with E-state index in [2.05, 4.69) is 31.8 Å². The van der Waals surface area contributed by atoms with Crippen LogP contribution in [0.1, 0.15) is 51.3 Å². The topological polar surface area (TPSA) is 65.4 Å². The van der Waals surface area contributed by atoms with Crippen molar-refractivity contribution in [3.8, 4) is 5.69 Å². The fourth-order valence-electron chi connectivity index (χ4n) is 5.44. The van der Waals surface area contributed by atoms with E-state index in [1.807, 2.05) is 41.2 Å². The average Bonchev–Trinajstić information content (AvgIpc) is 3.28. The molecule has 1 saturated carbocycles. The molecule has 1 spiro atoms. The Morgan fingerprint density at radius 3 is 2.77 bits per heavy atom. The molecule has 1 N–H and O–H groups in total. The molecule has 2 aromatic rings. The van der Waals surface area contributed by atoms with Crippen molar-refractivity contribution < 1.29 is 14.3 Å². The predicted octanol–water partition coefficient (Wildman–Crippen LogP) is 4.65. The standard InChI is InChI=1S/C25H29N3O3/c1-5-23-16(2)30-25(31-23)12-6-7-19-13-22-18(14-24(19,25)4)15-26-28(22)21-10-8-20(9-11-21)27-17(3)29/h5,8-11,13,15-16,23H,1,6-7,12,14H2,2-4H3,(H,27,29)/t16-,23-,24+,25?/m1/s1. The first-order valence-corrected chi connectivity index (χ1v) is 11.0. The van der Waals surface area contributed by atoms with Crippen LogP contribution >= 0.6 is 0 Å². The minimum atomic E-state index is -0.616. The fraction of sp³-hybridized carbons (Fsp3) is 0.440. The molecule has 3 aliphatic rings. The van der Waals surface area contributed by atoms with Crippen LogP contribution in [0.3, 0.4) is 0 Å². The van der Waals surface area contributed by atoms with Crippen molar-refractivity contribution in [3.05, 3.63) is 59.9 Å². The van der Waals surface area contributed by atoms with Gasteiger partial charge in [-0.25, -0.2) is 4.68 Å². The second-order valence-electron chi connectivity index (χ2n) is 9.12. The molecule has 1 unspecified atom stereocenters. The lowest BCUT2D eigenvalue weighted by molar-refractivity contribution is -0.245. The minimum absolute atomic E-state index is 0.0000726. The monoisotopic (exact) mass is 419 g/mol. The number of fused-ring (bicyclic) bond motifs is 3. The van der Waals surface area contributed by atoms with Crippen molar-refractivity contribution in [3.63, 3.8) is 0 Å². The van der Waals surface area contributed by atoms with E-state index in [0.717, 1.165) is 42.8 Å². The van der Waals surface area contributed by atoms with E-state index < -0.39 is 5.79 Å². The molecule has 1 amide bonds. The second-order valence-corrected chi connectivity index (χ2v) is 9.12. The van der Waals surface area contributed by atoms with Gasteiger partial charge in [-0.15, -0.1) is 6.58 Å². The van der Waals surface area contributed by atoms with Gasteiger partial charge in [-0.2, -0.15) is 5.10 Å². The molecule has 1 aromatic carbocycles. The predicted molar refractivity (Wildman–Crippen MR) is 120 cm³/mol. The van der Waals surface area contributed by atoms with Gasteiger partial charge in [-0.1, -0.05) is 18.6 Å². The lowest BCUT2D eigenvalue weighted by Crippen LogP contribution is -2.53. The van der Waals surface area contributed by atoms with Crippen LogP contribution in [-0.4, -0.2) is 33.7 Å². The van der Waals surface area contributed by atoms with Gasteiger partial charge in [-0.3, -0.25) is 4.79 Å². The van der Waals surface area contributed by atoms with E-state index in [1.165, 1.54) is 18.1 Å². The van der Waals surface area contributed by atoms with E-state index >= 15 is 0 Å². The third-order valence-electron chi connectivity index (χ3n) is 7.07. The molecule has 1 saturated heterocycles. The minimum Gasteiger partial charge on any atom is -0.343 e. The highest BCUT2D eigenvalue weighted by molar-refractivity contribution is 5.88. The summed E-state index contributed by atoms with van der Waals surface area (Å²) < 4.78 is 15.0. The quantitative estimate of drug-likeness (QED) is 0.736. The van der Waals surface area contributed by atoms with Crippen LogP contribution < -0.4 is 5.32 Å². The molecule has 5 rings (SSSR count). The summed E-state index contributed by atoms with van der Waals surface area (Å²) in [5.41, 5.74) is 5.19. The molecule has 2 fully saturated rings. The SMILES string of the molecule is C=C[C@H]1OC2(CCCC3=Cc4c(cnn4-c4ccc(NC(C)=O)cc4)C[C@@]32C)O[C@@H]1C. The first kappa shape index (κ1) is 20.2. The Bertz CT molecular complexity index is 1070. The van der Waals surface area contributed by atoms with Gasteiger partial charge in [-0.05, 0) is 62.1 Å². The van der Waals surface area contributed by atoms with Gasteiger partial charge in [0.15, 0.2) is 5.79 Å². The van der Waals surface area contributed by atoms with Gasteiger partial charge in [0.05, 0.1) is 23.7 Å². The van der Waals surface area contributed by atoms with Crippen molar-refractivity contribution in [1.29, 1.82) is 0 Å². The number of carbonyl (C=O) groups excluding carboxylic acids is 1.